The van der Waals surface area contributed by atoms with Crippen LogP contribution in [0.3, 0.4) is 0 Å². The summed E-state index contributed by atoms with van der Waals surface area (Å²) < 4.78 is 11.0. The molecule has 126 valence electrons. The molecule has 2 atom stereocenters. The zero-order valence-electron chi connectivity index (χ0n) is 13.9. The Morgan fingerprint density at radius 1 is 1.50 bits per heavy atom. The first-order valence-corrected chi connectivity index (χ1v) is 7.99. The van der Waals surface area contributed by atoms with E-state index in [1.54, 1.807) is 7.11 Å². The van der Waals surface area contributed by atoms with Crippen molar-refractivity contribution in [3.8, 4) is 11.8 Å². The lowest BCUT2D eigenvalue weighted by Gasteiger charge is -2.16. The second kappa shape index (κ2) is 7.43. The molecule has 2 N–H and O–H groups in total. The van der Waals surface area contributed by atoms with E-state index in [-0.39, 0.29) is 6.10 Å². The molecule has 1 aliphatic heterocycles. The maximum atomic E-state index is 9.15. The summed E-state index contributed by atoms with van der Waals surface area (Å²) in [5.74, 6) is 2.47. The number of aryl methyl sites for hydroxylation is 1. The molecule has 7 heteroatoms. The fourth-order valence-electron chi connectivity index (χ4n) is 2.97. The van der Waals surface area contributed by atoms with Crippen LogP contribution in [0.25, 0.3) is 0 Å². The Bertz CT molecular complexity index is 737. The van der Waals surface area contributed by atoms with Gasteiger partial charge >= 0.3 is 0 Å². The molecule has 24 heavy (non-hydrogen) atoms. The number of rotatable bonds is 6. The molecule has 1 aliphatic rings. The van der Waals surface area contributed by atoms with Gasteiger partial charge in [-0.25, -0.2) is 4.98 Å². The lowest BCUT2D eigenvalue weighted by Crippen LogP contribution is -2.25. The van der Waals surface area contributed by atoms with E-state index in [9.17, 15) is 0 Å². The van der Waals surface area contributed by atoms with Crippen LogP contribution in [0.4, 0.5) is 0 Å². The van der Waals surface area contributed by atoms with Gasteiger partial charge in [0, 0.05) is 25.6 Å². The maximum absolute atomic E-state index is 9.15. The highest BCUT2D eigenvalue weighted by Gasteiger charge is 2.32. The Balaban J connectivity index is 1.57. The minimum Gasteiger partial charge on any atom is -0.495 e. The number of hydrogen-bond donors (Lipinski definition) is 2. The van der Waals surface area contributed by atoms with Gasteiger partial charge in [-0.15, -0.1) is 0 Å². The van der Waals surface area contributed by atoms with Crippen LogP contribution in [0.5, 0.6) is 5.75 Å². The van der Waals surface area contributed by atoms with Crippen molar-refractivity contribution in [2.24, 2.45) is 5.92 Å². The average Bonchev–Trinajstić information content (AvgIpc) is 3.23. The van der Waals surface area contributed by atoms with E-state index in [2.05, 4.69) is 26.6 Å². The molecular formula is C17H21N5O2. The van der Waals surface area contributed by atoms with Gasteiger partial charge in [0.2, 0.25) is 0 Å². The lowest BCUT2D eigenvalue weighted by atomic mass is 10.0. The summed E-state index contributed by atoms with van der Waals surface area (Å²) in [5, 5.41) is 19.7. The van der Waals surface area contributed by atoms with E-state index in [1.807, 2.05) is 25.1 Å². The summed E-state index contributed by atoms with van der Waals surface area (Å²) in [6.07, 6.45) is 0.921. The highest BCUT2D eigenvalue weighted by molar-refractivity contribution is 5.45. The monoisotopic (exact) mass is 327 g/mol. The predicted molar refractivity (Wildman–Crippen MR) is 87.3 cm³/mol. The molecule has 1 saturated heterocycles. The fourth-order valence-corrected chi connectivity index (χ4v) is 2.97. The molecule has 0 radical (unpaired) electrons. The maximum Gasteiger partial charge on any atom is 0.179 e. The zero-order valence-corrected chi connectivity index (χ0v) is 13.9. The third kappa shape index (κ3) is 3.55. The van der Waals surface area contributed by atoms with E-state index in [0.29, 0.717) is 23.8 Å². The van der Waals surface area contributed by atoms with Gasteiger partial charge in [0.05, 0.1) is 12.7 Å². The zero-order chi connectivity index (χ0) is 16.9. The number of aromatic amines is 1. The quantitative estimate of drug-likeness (QED) is 0.841. The van der Waals surface area contributed by atoms with Crippen molar-refractivity contribution in [1.29, 1.82) is 5.26 Å². The lowest BCUT2D eigenvalue weighted by molar-refractivity contribution is 0.0835. The summed E-state index contributed by atoms with van der Waals surface area (Å²) in [5.41, 5.74) is 1.60. The summed E-state index contributed by atoms with van der Waals surface area (Å²) in [6.45, 7) is 4.11. The standard InChI is InChI=1S/C17H21N5O2/c1-11-20-17(22-21-11)16-13(5-6-24-16)10-19-9-12-3-4-15(23-2)14(7-12)8-18/h3-4,7,13,16,19H,5-6,9-10H2,1-2H3,(H,20,21,22)/t13-,16-/m0/s1. The Morgan fingerprint density at radius 2 is 2.38 bits per heavy atom. The van der Waals surface area contributed by atoms with Crippen molar-refractivity contribution < 1.29 is 9.47 Å². The molecule has 0 amide bonds. The molecule has 0 spiro atoms. The minimum atomic E-state index is -0.0620. The normalized spacial score (nSPS) is 20.0. The van der Waals surface area contributed by atoms with Gasteiger partial charge in [0.15, 0.2) is 5.82 Å². The molecule has 1 fully saturated rings. The van der Waals surface area contributed by atoms with Gasteiger partial charge in [0.1, 0.15) is 23.7 Å². The molecule has 0 bridgehead atoms. The molecule has 7 nitrogen and oxygen atoms in total. The molecular weight excluding hydrogens is 306 g/mol. The summed E-state index contributed by atoms with van der Waals surface area (Å²) in [6, 6.07) is 7.80. The van der Waals surface area contributed by atoms with E-state index >= 15 is 0 Å². The summed E-state index contributed by atoms with van der Waals surface area (Å²) in [4.78, 5) is 4.38. The van der Waals surface area contributed by atoms with Crippen LogP contribution in [0.2, 0.25) is 0 Å². The topological polar surface area (TPSA) is 95.8 Å². The van der Waals surface area contributed by atoms with E-state index in [0.717, 1.165) is 36.8 Å². The Morgan fingerprint density at radius 3 is 3.08 bits per heavy atom. The van der Waals surface area contributed by atoms with Gasteiger partial charge < -0.3 is 14.8 Å². The number of hydrogen-bond acceptors (Lipinski definition) is 6. The van der Waals surface area contributed by atoms with Crippen molar-refractivity contribution in [3.05, 3.63) is 41.0 Å². The summed E-state index contributed by atoms with van der Waals surface area (Å²) >= 11 is 0. The first-order chi connectivity index (χ1) is 11.7. The molecule has 0 unspecified atom stereocenters. The molecule has 2 aromatic rings. The van der Waals surface area contributed by atoms with E-state index < -0.39 is 0 Å². The van der Waals surface area contributed by atoms with Crippen LogP contribution < -0.4 is 10.1 Å². The Kier molecular flexibility index (Phi) is 5.08. The molecule has 1 aromatic heterocycles. The third-order valence-electron chi connectivity index (χ3n) is 4.20. The van der Waals surface area contributed by atoms with Crippen LogP contribution in [-0.4, -0.2) is 35.4 Å². The Hall–Kier alpha value is -2.43. The average molecular weight is 327 g/mol. The van der Waals surface area contributed by atoms with Gasteiger partial charge in [-0.05, 0) is 31.0 Å². The Labute approximate surface area is 141 Å². The largest absolute Gasteiger partial charge is 0.495 e. The molecule has 0 saturated carbocycles. The molecule has 1 aromatic carbocycles. The van der Waals surface area contributed by atoms with Crippen molar-refractivity contribution in [3.63, 3.8) is 0 Å². The number of nitriles is 1. The van der Waals surface area contributed by atoms with Crippen molar-refractivity contribution >= 4 is 0 Å². The van der Waals surface area contributed by atoms with Crippen LogP contribution in [-0.2, 0) is 11.3 Å². The van der Waals surface area contributed by atoms with Crippen LogP contribution in [0.1, 0.15) is 35.3 Å². The first kappa shape index (κ1) is 16.4. The summed E-state index contributed by atoms with van der Waals surface area (Å²) in [7, 11) is 1.57. The molecule has 0 aliphatic carbocycles. The van der Waals surface area contributed by atoms with Gasteiger partial charge in [-0.2, -0.15) is 10.4 Å². The first-order valence-electron chi connectivity index (χ1n) is 7.99. The SMILES string of the molecule is COc1ccc(CNC[C@@H]2CCO[C@@H]2c2n[nH]c(C)n2)cc1C#N. The third-order valence-corrected chi connectivity index (χ3v) is 4.20. The van der Waals surface area contributed by atoms with E-state index in [1.165, 1.54) is 0 Å². The number of aromatic nitrogens is 3. The predicted octanol–water partition coefficient (Wildman–Crippen LogP) is 1.86. The van der Waals surface area contributed by atoms with Gasteiger partial charge in [-0.1, -0.05) is 6.07 Å². The number of H-pyrrole nitrogens is 1. The van der Waals surface area contributed by atoms with Crippen LogP contribution in [0, 0.1) is 24.2 Å². The van der Waals surface area contributed by atoms with Crippen molar-refractivity contribution in [2.75, 3.05) is 20.3 Å². The number of methoxy groups -OCH3 is 1. The smallest absolute Gasteiger partial charge is 0.179 e. The minimum absolute atomic E-state index is 0.0620. The number of nitrogens with one attached hydrogen (secondary N) is 2. The highest BCUT2D eigenvalue weighted by atomic mass is 16.5. The van der Waals surface area contributed by atoms with Gasteiger partial charge in [-0.3, -0.25) is 5.10 Å². The second-order valence-corrected chi connectivity index (χ2v) is 5.90. The van der Waals surface area contributed by atoms with Gasteiger partial charge in [0.25, 0.3) is 0 Å². The van der Waals surface area contributed by atoms with Crippen LogP contribution in [0.15, 0.2) is 18.2 Å². The van der Waals surface area contributed by atoms with E-state index in [4.69, 9.17) is 14.7 Å². The van der Waals surface area contributed by atoms with Crippen LogP contribution >= 0.6 is 0 Å². The molecule has 2 heterocycles. The fraction of sp³-hybridized carbons (Fsp3) is 0.471. The second-order valence-electron chi connectivity index (χ2n) is 5.90. The molecule has 3 rings (SSSR count). The highest BCUT2D eigenvalue weighted by Crippen LogP contribution is 2.32. The van der Waals surface area contributed by atoms with Crippen molar-refractivity contribution in [2.45, 2.75) is 26.0 Å². The number of ether oxygens (including phenoxy) is 2. The van der Waals surface area contributed by atoms with Crippen molar-refractivity contribution in [1.82, 2.24) is 20.5 Å². The number of nitrogens with zero attached hydrogens (tertiary/aromatic N) is 3. The number of benzene rings is 1.